The van der Waals surface area contributed by atoms with Crippen molar-refractivity contribution in [1.82, 2.24) is 19.0 Å². The molecule has 1 aromatic rings. The molecule has 0 radical (unpaired) electrons. The summed E-state index contributed by atoms with van der Waals surface area (Å²) < 4.78 is 27.0. The first-order valence-electron chi connectivity index (χ1n) is 8.80. The lowest BCUT2D eigenvalue weighted by Gasteiger charge is -2.37. The number of sulfonamides is 1. The molecule has 2 rings (SSSR count). The molecule has 1 aromatic heterocycles. The summed E-state index contributed by atoms with van der Waals surface area (Å²) >= 11 is 0. The SMILES string of the molecule is CCS(=O)(=O)N1CCC(N(CC(=O)O)C(=O)CCCn2cccn2)CC1. The molecular formula is C16H26N4O5S. The summed E-state index contributed by atoms with van der Waals surface area (Å²) in [5.41, 5.74) is 0. The topological polar surface area (TPSA) is 113 Å². The number of piperidine rings is 1. The summed E-state index contributed by atoms with van der Waals surface area (Å²) in [4.78, 5) is 25.1. The average molecular weight is 386 g/mol. The predicted octanol–water partition coefficient (Wildman–Crippen LogP) is 0.391. The molecule has 0 spiro atoms. The zero-order valence-corrected chi connectivity index (χ0v) is 15.8. The molecule has 0 atom stereocenters. The van der Waals surface area contributed by atoms with E-state index in [1.165, 1.54) is 9.21 Å². The van der Waals surface area contributed by atoms with Crippen molar-refractivity contribution in [2.45, 2.75) is 45.2 Å². The van der Waals surface area contributed by atoms with Crippen molar-refractivity contribution in [2.24, 2.45) is 0 Å². The van der Waals surface area contributed by atoms with Gasteiger partial charge in [0.2, 0.25) is 15.9 Å². The largest absolute Gasteiger partial charge is 0.480 e. The number of carboxylic acid groups (broad SMARTS) is 1. The maximum absolute atomic E-state index is 12.5. The lowest BCUT2D eigenvalue weighted by atomic mass is 10.0. The van der Waals surface area contributed by atoms with Gasteiger partial charge in [-0.1, -0.05) is 0 Å². The molecule has 10 heteroatoms. The van der Waals surface area contributed by atoms with E-state index in [9.17, 15) is 18.0 Å². The van der Waals surface area contributed by atoms with E-state index < -0.39 is 16.0 Å². The standard InChI is InChI=1S/C16H26N4O5S/c1-2-26(24,25)19-11-6-14(7-12-19)20(13-16(22)23)15(21)5-3-9-18-10-4-8-17-18/h4,8,10,14H,2-3,5-7,9,11-13H2,1H3,(H,22,23). The Balaban J connectivity index is 1.92. The fourth-order valence-corrected chi connectivity index (χ4v) is 4.28. The number of hydrogen-bond acceptors (Lipinski definition) is 5. The molecule has 0 bridgehead atoms. The minimum Gasteiger partial charge on any atom is -0.480 e. The van der Waals surface area contributed by atoms with Crippen LogP contribution in [0.15, 0.2) is 18.5 Å². The highest BCUT2D eigenvalue weighted by molar-refractivity contribution is 7.89. The number of amides is 1. The van der Waals surface area contributed by atoms with E-state index in [1.807, 2.05) is 6.20 Å². The number of carboxylic acids is 1. The predicted molar refractivity (Wildman–Crippen MR) is 94.9 cm³/mol. The minimum absolute atomic E-state index is 0.0445. The Bertz CT molecular complexity index is 696. The second kappa shape index (κ2) is 9.13. The van der Waals surface area contributed by atoms with Crippen molar-refractivity contribution in [2.75, 3.05) is 25.4 Å². The van der Waals surface area contributed by atoms with Gasteiger partial charge in [-0.25, -0.2) is 12.7 Å². The van der Waals surface area contributed by atoms with Gasteiger partial charge >= 0.3 is 5.97 Å². The summed E-state index contributed by atoms with van der Waals surface area (Å²) in [7, 11) is -3.25. The highest BCUT2D eigenvalue weighted by Gasteiger charge is 2.32. The molecule has 0 unspecified atom stereocenters. The van der Waals surface area contributed by atoms with Gasteiger partial charge in [0.15, 0.2) is 0 Å². The molecule has 0 aliphatic carbocycles. The van der Waals surface area contributed by atoms with Crippen molar-refractivity contribution in [1.29, 1.82) is 0 Å². The average Bonchev–Trinajstić information content (AvgIpc) is 3.13. The van der Waals surface area contributed by atoms with Crippen LogP contribution in [-0.4, -0.2) is 75.8 Å². The van der Waals surface area contributed by atoms with Gasteiger partial charge in [-0.3, -0.25) is 14.3 Å². The van der Waals surface area contributed by atoms with Crippen molar-refractivity contribution >= 4 is 21.9 Å². The fourth-order valence-electron chi connectivity index (χ4n) is 3.15. The minimum atomic E-state index is -3.25. The summed E-state index contributed by atoms with van der Waals surface area (Å²) in [6.07, 6.45) is 5.19. The van der Waals surface area contributed by atoms with Gasteiger partial charge in [0.25, 0.3) is 0 Å². The van der Waals surface area contributed by atoms with Crippen LogP contribution in [0.3, 0.4) is 0 Å². The third kappa shape index (κ3) is 5.53. The lowest BCUT2D eigenvalue weighted by Crippen LogP contribution is -2.50. The van der Waals surface area contributed by atoms with E-state index in [0.717, 1.165) is 0 Å². The van der Waals surface area contributed by atoms with Crippen LogP contribution in [0, 0.1) is 0 Å². The molecule has 1 aliphatic rings. The number of carbonyl (C=O) groups excluding carboxylic acids is 1. The number of aryl methyl sites for hydroxylation is 1. The normalized spacial score (nSPS) is 16.5. The summed E-state index contributed by atoms with van der Waals surface area (Å²) in [6.45, 7) is 2.47. The Morgan fingerprint density at radius 3 is 2.54 bits per heavy atom. The van der Waals surface area contributed by atoms with Crippen LogP contribution in [0.1, 0.15) is 32.6 Å². The first-order valence-corrected chi connectivity index (χ1v) is 10.4. The van der Waals surface area contributed by atoms with Gasteiger partial charge in [-0.15, -0.1) is 0 Å². The van der Waals surface area contributed by atoms with Crippen LogP contribution >= 0.6 is 0 Å². The van der Waals surface area contributed by atoms with Crippen molar-refractivity contribution in [3.8, 4) is 0 Å². The van der Waals surface area contributed by atoms with Crippen LogP contribution < -0.4 is 0 Å². The smallest absolute Gasteiger partial charge is 0.323 e. The second-order valence-electron chi connectivity index (χ2n) is 6.32. The summed E-state index contributed by atoms with van der Waals surface area (Å²) in [6, 6.07) is 1.56. The summed E-state index contributed by atoms with van der Waals surface area (Å²) in [5.74, 6) is -1.23. The van der Waals surface area contributed by atoms with Gasteiger partial charge in [-0.2, -0.15) is 5.10 Å². The first kappa shape index (κ1) is 20.4. The van der Waals surface area contributed by atoms with Crippen LogP contribution in [0.25, 0.3) is 0 Å². The molecule has 2 heterocycles. The third-order valence-corrected chi connectivity index (χ3v) is 6.47. The Labute approximate surface area is 153 Å². The molecule has 1 N–H and O–H groups in total. The number of nitrogens with zero attached hydrogens (tertiary/aromatic N) is 4. The van der Waals surface area contributed by atoms with Gasteiger partial charge in [0.1, 0.15) is 6.54 Å². The lowest BCUT2D eigenvalue weighted by molar-refractivity contribution is -0.146. The van der Waals surface area contributed by atoms with Crippen molar-refractivity contribution < 1.29 is 23.1 Å². The number of rotatable bonds is 9. The highest BCUT2D eigenvalue weighted by Crippen LogP contribution is 2.20. The first-order chi connectivity index (χ1) is 12.3. The van der Waals surface area contributed by atoms with Crippen LogP contribution in [0.2, 0.25) is 0 Å². The Morgan fingerprint density at radius 2 is 2.00 bits per heavy atom. The Morgan fingerprint density at radius 1 is 1.31 bits per heavy atom. The number of aromatic nitrogens is 2. The highest BCUT2D eigenvalue weighted by atomic mass is 32.2. The zero-order valence-electron chi connectivity index (χ0n) is 15.0. The van der Waals surface area contributed by atoms with Gasteiger partial charge in [-0.05, 0) is 32.3 Å². The van der Waals surface area contributed by atoms with E-state index in [1.54, 1.807) is 23.9 Å². The maximum atomic E-state index is 12.5. The van der Waals surface area contributed by atoms with E-state index >= 15 is 0 Å². The van der Waals surface area contributed by atoms with E-state index in [2.05, 4.69) is 5.10 Å². The van der Waals surface area contributed by atoms with Gasteiger partial charge in [0, 0.05) is 44.5 Å². The van der Waals surface area contributed by atoms with E-state index in [0.29, 0.717) is 38.9 Å². The van der Waals surface area contributed by atoms with Crippen LogP contribution in [-0.2, 0) is 26.2 Å². The Kier molecular flexibility index (Phi) is 7.15. The van der Waals surface area contributed by atoms with Crippen LogP contribution in [0.4, 0.5) is 0 Å². The van der Waals surface area contributed by atoms with Crippen molar-refractivity contribution in [3.05, 3.63) is 18.5 Å². The van der Waals surface area contributed by atoms with Crippen LogP contribution in [0.5, 0.6) is 0 Å². The summed E-state index contributed by atoms with van der Waals surface area (Å²) in [5, 5.41) is 13.2. The molecule has 0 aromatic carbocycles. The van der Waals surface area contributed by atoms with Gasteiger partial charge < -0.3 is 10.0 Å². The monoisotopic (exact) mass is 386 g/mol. The zero-order chi connectivity index (χ0) is 19.2. The molecule has 1 saturated heterocycles. The number of carbonyl (C=O) groups is 2. The Hall–Kier alpha value is -1.94. The molecular weight excluding hydrogens is 360 g/mol. The van der Waals surface area contributed by atoms with E-state index in [4.69, 9.17) is 5.11 Å². The molecule has 1 aliphatic heterocycles. The molecule has 0 saturated carbocycles. The van der Waals surface area contributed by atoms with E-state index in [-0.39, 0.29) is 30.7 Å². The fraction of sp³-hybridized carbons (Fsp3) is 0.688. The van der Waals surface area contributed by atoms with Crippen molar-refractivity contribution in [3.63, 3.8) is 0 Å². The quantitative estimate of drug-likeness (QED) is 0.657. The molecule has 1 amide bonds. The van der Waals surface area contributed by atoms with Gasteiger partial charge in [0.05, 0.1) is 5.75 Å². The molecule has 26 heavy (non-hydrogen) atoms. The number of aliphatic carboxylic acids is 1. The molecule has 1 fully saturated rings. The molecule has 9 nitrogen and oxygen atoms in total. The number of hydrogen-bond donors (Lipinski definition) is 1. The third-order valence-electron chi connectivity index (χ3n) is 4.59. The molecule has 146 valence electrons. The second-order valence-corrected chi connectivity index (χ2v) is 8.58. The maximum Gasteiger partial charge on any atom is 0.323 e.